The maximum absolute atomic E-state index is 5.64. The fourth-order valence-corrected chi connectivity index (χ4v) is 1.50. The molecule has 2 aromatic heterocycles. The van der Waals surface area contributed by atoms with E-state index in [0.717, 1.165) is 23.6 Å². The van der Waals surface area contributed by atoms with Crippen molar-refractivity contribution in [2.75, 3.05) is 12.8 Å². The normalized spacial score (nSPS) is 10.3. The van der Waals surface area contributed by atoms with Gasteiger partial charge < -0.3 is 11.1 Å². The maximum atomic E-state index is 5.64. The molecule has 0 unspecified atom stereocenters. The minimum Gasteiger partial charge on any atom is -0.384 e. The lowest BCUT2D eigenvalue weighted by Crippen LogP contribution is -2.07. The van der Waals surface area contributed by atoms with Crippen LogP contribution in [0, 0.1) is 0 Å². The highest BCUT2D eigenvalue weighted by Gasteiger charge is 2.02. The first-order valence-corrected chi connectivity index (χ1v) is 5.13. The largest absolute Gasteiger partial charge is 0.384 e. The number of aromatic nitrogens is 2. The zero-order valence-electron chi connectivity index (χ0n) is 9.14. The molecule has 4 heteroatoms. The highest BCUT2D eigenvalue weighted by Crippen LogP contribution is 2.15. The lowest BCUT2D eigenvalue weighted by molar-refractivity contribution is 0.792. The molecule has 0 aliphatic heterocycles. The van der Waals surface area contributed by atoms with E-state index in [1.807, 2.05) is 37.4 Å². The van der Waals surface area contributed by atoms with Crippen LogP contribution >= 0.6 is 0 Å². The van der Waals surface area contributed by atoms with Crippen molar-refractivity contribution in [2.45, 2.75) is 6.54 Å². The summed E-state index contributed by atoms with van der Waals surface area (Å²) in [5.41, 5.74) is 8.28. The van der Waals surface area contributed by atoms with Gasteiger partial charge in [-0.1, -0.05) is 12.1 Å². The van der Waals surface area contributed by atoms with E-state index in [9.17, 15) is 0 Å². The second-order valence-corrected chi connectivity index (χ2v) is 3.49. The van der Waals surface area contributed by atoms with E-state index in [4.69, 9.17) is 5.73 Å². The molecule has 0 aromatic carbocycles. The van der Waals surface area contributed by atoms with Crippen LogP contribution in [0.4, 0.5) is 5.82 Å². The topological polar surface area (TPSA) is 63.8 Å². The second-order valence-electron chi connectivity index (χ2n) is 3.49. The Bertz CT molecular complexity index is 482. The Morgan fingerprint density at radius 1 is 1.06 bits per heavy atom. The maximum Gasteiger partial charge on any atom is 0.124 e. The summed E-state index contributed by atoms with van der Waals surface area (Å²) >= 11 is 0. The highest BCUT2D eigenvalue weighted by atomic mass is 14.9. The van der Waals surface area contributed by atoms with E-state index in [1.54, 1.807) is 6.07 Å². The monoisotopic (exact) mass is 214 g/mol. The number of anilines is 1. The van der Waals surface area contributed by atoms with Crippen molar-refractivity contribution in [3.63, 3.8) is 0 Å². The fourth-order valence-electron chi connectivity index (χ4n) is 1.50. The van der Waals surface area contributed by atoms with Crippen LogP contribution in [-0.4, -0.2) is 17.0 Å². The molecule has 0 fully saturated rings. The van der Waals surface area contributed by atoms with Gasteiger partial charge in [-0.25, -0.2) is 9.97 Å². The van der Waals surface area contributed by atoms with Crippen LogP contribution in [-0.2, 0) is 6.54 Å². The average Bonchev–Trinajstić information content (AvgIpc) is 2.30. The zero-order chi connectivity index (χ0) is 11.4. The van der Waals surface area contributed by atoms with Gasteiger partial charge in [0, 0.05) is 6.54 Å². The first-order valence-electron chi connectivity index (χ1n) is 5.13. The Kier molecular flexibility index (Phi) is 3.12. The van der Waals surface area contributed by atoms with Crippen LogP contribution in [0.3, 0.4) is 0 Å². The average molecular weight is 214 g/mol. The summed E-state index contributed by atoms with van der Waals surface area (Å²) in [6.07, 6.45) is 0. The molecule has 2 aromatic rings. The Morgan fingerprint density at radius 2 is 1.75 bits per heavy atom. The van der Waals surface area contributed by atoms with E-state index in [1.165, 1.54) is 0 Å². The molecule has 0 amide bonds. The number of nitrogens with two attached hydrogens (primary N) is 1. The van der Waals surface area contributed by atoms with Crippen molar-refractivity contribution < 1.29 is 0 Å². The molecule has 0 bridgehead atoms. The van der Waals surface area contributed by atoms with Gasteiger partial charge in [0.1, 0.15) is 5.82 Å². The van der Waals surface area contributed by atoms with Crippen LogP contribution in [0.15, 0.2) is 36.4 Å². The molecule has 0 spiro atoms. The summed E-state index contributed by atoms with van der Waals surface area (Å²) in [6.45, 7) is 0.746. The summed E-state index contributed by atoms with van der Waals surface area (Å²) < 4.78 is 0. The van der Waals surface area contributed by atoms with E-state index in [2.05, 4.69) is 15.3 Å². The highest BCUT2D eigenvalue weighted by molar-refractivity contribution is 5.56. The van der Waals surface area contributed by atoms with Crippen molar-refractivity contribution in [3.05, 3.63) is 42.1 Å². The molecule has 16 heavy (non-hydrogen) atoms. The van der Waals surface area contributed by atoms with Gasteiger partial charge in [0.15, 0.2) is 0 Å². The smallest absolute Gasteiger partial charge is 0.124 e. The van der Waals surface area contributed by atoms with Crippen molar-refractivity contribution in [1.29, 1.82) is 0 Å². The second kappa shape index (κ2) is 4.72. The molecule has 0 aliphatic rings. The Balaban J connectivity index is 2.36. The molecule has 0 saturated carbocycles. The van der Waals surface area contributed by atoms with Crippen LogP contribution in [0.25, 0.3) is 11.4 Å². The Labute approximate surface area is 94.5 Å². The summed E-state index contributed by atoms with van der Waals surface area (Å²) in [7, 11) is 1.90. The van der Waals surface area contributed by atoms with Crippen LogP contribution in [0.1, 0.15) is 5.69 Å². The first kappa shape index (κ1) is 10.6. The minimum absolute atomic E-state index is 0.512. The Morgan fingerprint density at radius 3 is 2.44 bits per heavy atom. The summed E-state index contributed by atoms with van der Waals surface area (Å²) in [5, 5.41) is 3.07. The summed E-state index contributed by atoms with van der Waals surface area (Å²) in [6, 6.07) is 11.4. The molecular weight excluding hydrogens is 200 g/mol. The molecule has 2 rings (SSSR count). The van der Waals surface area contributed by atoms with Crippen LogP contribution in [0.2, 0.25) is 0 Å². The molecule has 82 valence electrons. The van der Waals surface area contributed by atoms with Gasteiger partial charge in [-0.05, 0) is 31.3 Å². The molecule has 2 heterocycles. The number of hydrogen-bond acceptors (Lipinski definition) is 4. The third-order valence-electron chi connectivity index (χ3n) is 2.20. The number of nitrogen functional groups attached to an aromatic ring is 1. The predicted octanol–water partition coefficient (Wildman–Crippen LogP) is 1.45. The van der Waals surface area contributed by atoms with Gasteiger partial charge in [0.05, 0.1) is 17.1 Å². The first-order chi connectivity index (χ1) is 7.79. The van der Waals surface area contributed by atoms with Crippen LogP contribution < -0.4 is 11.1 Å². The third kappa shape index (κ3) is 2.35. The lowest BCUT2D eigenvalue weighted by Gasteiger charge is -2.04. The van der Waals surface area contributed by atoms with Crippen molar-refractivity contribution in [1.82, 2.24) is 15.3 Å². The zero-order valence-corrected chi connectivity index (χ0v) is 9.14. The quantitative estimate of drug-likeness (QED) is 0.811. The number of nitrogens with zero attached hydrogens (tertiary/aromatic N) is 2. The number of hydrogen-bond donors (Lipinski definition) is 2. The molecular formula is C12H14N4. The minimum atomic E-state index is 0.512. The molecule has 3 N–H and O–H groups in total. The van der Waals surface area contributed by atoms with Crippen LogP contribution in [0.5, 0.6) is 0 Å². The van der Waals surface area contributed by atoms with Gasteiger partial charge in [-0.3, -0.25) is 0 Å². The Hall–Kier alpha value is -1.94. The van der Waals surface area contributed by atoms with Gasteiger partial charge >= 0.3 is 0 Å². The number of rotatable bonds is 3. The van der Waals surface area contributed by atoms with Gasteiger partial charge in [0.25, 0.3) is 0 Å². The van der Waals surface area contributed by atoms with Crippen molar-refractivity contribution >= 4 is 5.82 Å². The SMILES string of the molecule is CNCc1cccc(-c2cccc(N)n2)n1. The summed E-state index contributed by atoms with van der Waals surface area (Å²) in [4.78, 5) is 8.73. The van der Waals surface area contributed by atoms with Gasteiger partial charge in [0.2, 0.25) is 0 Å². The van der Waals surface area contributed by atoms with Crippen molar-refractivity contribution in [2.24, 2.45) is 0 Å². The third-order valence-corrected chi connectivity index (χ3v) is 2.20. The summed E-state index contributed by atoms with van der Waals surface area (Å²) in [5.74, 6) is 0.512. The molecule has 0 radical (unpaired) electrons. The van der Waals surface area contributed by atoms with Crippen molar-refractivity contribution in [3.8, 4) is 11.4 Å². The van der Waals surface area contributed by atoms with Gasteiger partial charge in [-0.15, -0.1) is 0 Å². The standard InChI is InChI=1S/C12H14N4/c1-14-8-9-4-2-5-10(15-9)11-6-3-7-12(13)16-11/h2-7,14H,8H2,1H3,(H2,13,16). The van der Waals surface area contributed by atoms with Gasteiger partial charge in [-0.2, -0.15) is 0 Å². The van der Waals surface area contributed by atoms with E-state index in [-0.39, 0.29) is 0 Å². The molecule has 0 saturated heterocycles. The molecule has 4 nitrogen and oxygen atoms in total. The number of pyridine rings is 2. The van der Waals surface area contributed by atoms with E-state index < -0.39 is 0 Å². The lowest BCUT2D eigenvalue weighted by atomic mass is 10.2. The van der Waals surface area contributed by atoms with E-state index in [0.29, 0.717) is 5.82 Å². The fraction of sp³-hybridized carbons (Fsp3) is 0.167. The number of nitrogens with one attached hydrogen (secondary N) is 1. The molecule has 0 atom stereocenters. The molecule has 0 aliphatic carbocycles. The predicted molar refractivity (Wildman–Crippen MR) is 64.6 cm³/mol. The van der Waals surface area contributed by atoms with E-state index >= 15 is 0 Å².